The van der Waals surface area contributed by atoms with Crippen molar-refractivity contribution in [2.24, 2.45) is 0 Å². The molecule has 31 heavy (non-hydrogen) atoms. The van der Waals surface area contributed by atoms with Gasteiger partial charge in [0.05, 0.1) is 16.5 Å². The number of hydrogen-bond donors (Lipinski definition) is 1. The van der Waals surface area contributed by atoms with Crippen LogP contribution in [0.25, 0.3) is 20.8 Å². The number of rotatable bonds is 6. The molecule has 1 N–H and O–H groups in total. The highest BCUT2D eigenvalue weighted by atomic mass is 32.1. The molecule has 0 fully saturated rings. The van der Waals surface area contributed by atoms with E-state index in [2.05, 4.69) is 15.3 Å². The van der Waals surface area contributed by atoms with Gasteiger partial charge in [0.1, 0.15) is 23.2 Å². The molecular formula is C24H17N3O3S. The Bertz CT molecular complexity index is 1290. The fourth-order valence-electron chi connectivity index (χ4n) is 3.09. The highest BCUT2D eigenvalue weighted by molar-refractivity contribution is 7.21. The van der Waals surface area contributed by atoms with Crippen LogP contribution in [0.15, 0.2) is 89.7 Å². The average Bonchev–Trinajstić information content (AvgIpc) is 3.46. The Morgan fingerprint density at radius 1 is 1.00 bits per heavy atom. The summed E-state index contributed by atoms with van der Waals surface area (Å²) in [5.41, 5.74) is 2.52. The molecule has 0 aliphatic carbocycles. The van der Waals surface area contributed by atoms with Crippen molar-refractivity contribution in [3.05, 3.63) is 96.6 Å². The SMILES string of the molecule is O=C(Nc1ccc(-c2nc3ccccc3s2)cn1)c1occc1COc1ccccc1. The fourth-order valence-corrected chi connectivity index (χ4v) is 4.05. The molecular weight excluding hydrogens is 410 g/mol. The number of carbonyl (C=O) groups is 1. The predicted molar refractivity (Wildman–Crippen MR) is 120 cm³/mol. The molecule has 1 amide bonds. The standard InChI is InChI=1S/C24H17N3O3S/c28-23(22-17(12-13-29-22)15-30-18-6-2-1-3-7-18)27-21-11-10-16(14-25-21)24-26-19-8-4-5-9-20(19)31-24/h1-14H,15H2,(H,25,27,28). The minimum absolute atomic E-state index is 0.202. The predicted octanol–water partition coefficient (Wildman–Crippen LogP) is 5.78. The first-order chi connectivity index (χ1) is 15.3. The van der Waals surface area contributed by atoms with Crippen LogP contribution in [-0.4, -0.2) is 15.9 Å². The Kier molecular flexibility index (Phi) is 5.16. The van der Waals surface area contributed by atoms with Crippen LogP contribution >= 0.6 is 11.3 Å². The summed E-state index contributed by atoms with van der Waals surface area (Å²) in [7, 11) is 0. The van der Waals surface area contributed by atoms with E-state index in [9.17, 15) is 4.79 Å². The molecule has 0 atom stereocenters. The molecule has 5 rings (SSSR count). The zero-order valence-corrected chi connectivity index (χ0v) is 17.1. The smallest absolute Gasteiger partial charge is 0.292 e. The maximum Gasteiger partial charge on any atom is 0.292 e. The van der Waals surface area contributed by atoms with Crippen molar-refractivity contribution in [2.45, 2.75) is 6.61 Å². The summed E-state index contributed by atoms with van der Waals surface area (Å²) in [4.78, 5) is 21.7. The van der Waals surface area contributed by atoms with Gasteiger partial charge in [-0.05, 0) is 42.5 Å². The number of fused-ring (bicyclic) bond motifs is 1. The minimum Gasteiger partial charge on any atom is -0.489 e. The number of aromatic nitrogens is 2. The second kappa shape index (κ2) is 8.41. The van der Waals surface area contributed by atoms with E-state index in [1.54, 1.807) is 29.7 Å². The third-order valence-electron chi connectivity index (χ3n) is 4.64. The van der Waals surface area contributed by atoms with E-state index < -0.39 is 0 Å². The number of thiazole rings is 1. The Hall–Kier alpha value is -3.97. The number of benzene rings is 2. The summed E-state index contributed by atoms with van der Waals surface area (Å²) in [6, 6.07) is 22.8. The summed E-state index contributed by atoms with van der Waals surface area (Å²) in [6.07, 6.45) is 3.18. The van der Waals surface area contributed by atoms with Gasteiger partial charge in [-0.15, -0.1) is 11.3 Å². The van der Waals surface area contributed by atoms with Crippen molar-refractivity contribution < 1.29 is 13.9 Å². The van der Waals surface area contributed by atoms with Gasteiger partial charge in [0.2, 0.25) is 0 Å². The van der Waals surface area contributed by atoms with Crippen molar-refractivity contribution in [1.82, 2.24) is 9.97 Å². The minimum atomic E-state index is -0.378. The molecule has 152 valence electrons. The van der Waals surface area contributed by atoms with Crippen molar-refractivity contribution in [2.75, 3.05) is 5.32 Å². The number of pyridine rings is 1. The third-order valence-corrected chi connectivity index (χ3v) is 5.72. The lowest BCUT2D eigenvalue weighted by atomic mass is 10.2. The van der Waals surface area contributed by atoms with Crippen LogP contribution in [0, 0.1) is 0 Å². The Balaban J connectivity index is 1.27. The molecule has 0 bridgehead atoms. The lowest BCUT2D eigenvalue weighted by Crippen LogP contribution is -2.14. The normalized spacial score (nSPS) is 10.8. The van der Waals surface area contributed by atoms with Crippen molar-refractivity contribution >= 4 is 33.3 Å². The van der Waals surface area contributed by atoms with E-state index >= 15 is 0 Å². The maximum atomic E-state index is 12.7. The Labute approximate surface area is 182 Å². The molecule has 0 aliphatic heterocycles. The first-order valence-corrected chi connectivity index (χ1v) is 10.5. The first kappa shape index (κ1) is 19.0. The topological polar surface area (TPSA) is 77.3 Å². The van der Waals surface area contributed by atoms with Gasteiger partial charge in [-0.25, -0.2) is 9.97 Å². The number of amides is 1. The number of carbonyl (C=O) groups excluding carboxylic acids is 1. The number of ether oxygens (including phenoxy) is 1. The zero-order valence-electron chi connectivity index (χ0n) is 16.3. The highest BCUT2D eigenvalue weighted by Gasteiger charge is 2.17. The summed E-state index contributed by atoms with van der Waals surface area (Å²) < 4.78 is 12.2. The molecule has 2 aromatic carbocycles. The second-order valence-corrected chi connectivity index (χ2v) is 7.78. The number of anilines is 1. The van der Waals surface area contributed by atoms with Crippen LogP contribution < -0.4 is 10.1 Å². The van der Waals surface area contributed by atoms with E-state index in [0.29, 0.717) is 11.4 Å². The first-order valence-electron chi connectivity index (χ1n) is 9.64. The molecule has 7 heteroatoms. The summed E-state index contributed by atoms with van der Waals surface area (Å²) in [5.74, 6) is 0.980. The van der Waals surface area contributed by atoms with Crippen molar-refractivity contribution in [3.8, 4) is 16.3 Å². The van der Waals surface area contributed by atoms with Gasteiger partial charge in [-0.1, -0.05) is 30.3 Å². The Morgan fingerprint density at radius 2 is 1.84 bits per heavy atom. The molecule has 3 heterocycles. The van der Waals surface area contributed by atoms with Gasteiger partial charge in [-0.3, -0.25) is 4.79 Å². The lowest BCUT2D eigenvalue weighted by molar-refractivity contribution is 0.0993. The maximum absolute atomic E-state index is 12.7. The molecule has 0 spiro atoms. The molecule has 0 saturated carbocycles. The summed E-state index contributed by atoms with van der Waals surface area (Å²) >= 11 is 1.61. The monoisotopic (exact) mass is 427 g/mol. The van der Waals surface area contributed by atoms with E-state index in [-0.39, 0.29) is 18.3 Å². The van der Waals surface area contributed by atoms with Gasteiger partial charge in [0.15, 0.2) is 5.76 Å². The molecule has 6 nitrogen and oxygen atoms in total. The average molecular weight is 427 g/mol. The van der Waals surface area contributed by atoms with Gasteiger partial charge >= 0.3 is 0 Å². The number of nitrogens with zero attached hydrogens (tertiary/aromatic N) is 2. The van der Waals surface area contributed by atoms with E-state index in [1.807, 2.05) is 60.7 Å². The number of para-hydroxylation sites is 2. The second-order valence-electron chi connectivity index (χ2n) is 6.75. The van der Waals surface area contributed by atoms with E-state index in [1.165, 1.54) is 6.26 Å². The van der Waals surface area contributed by atoms with Gasteiger partial charge in [0, 0.05) is 17.3 Å². The van der Waals surface area contributed by atoms with Gasteiger partial charge in [0.25, 0.3) is 5.91 Å². The van der Waals surface area contributed by atoms with E-state index in [0.717, 1.165) is 26.5 Å². The summed E-state index contributed by atoms with van der Waals surface area (Å²) in [6.45, 7) is 0.229. The highest BCUT2D eigenvalue weighted by Crippen LogP contribution is 2.30. The third kappa shape index (κ3) is 4.17. The van der Waals surface area contributed by atoms with Gasteiger partial charge < -0.3 is 14.5 Å². The summed E-state index contributed by atoms with van der Waals surface area (Å²) in [5, 5.41) is 3.66. The molecule has 0 radical (unpaired) electrons. The van der Waals surface area contributed by atoms with Crippen LogP contribution in [0.1, 0.15) is 16.1 Å². The lowest BCUT2D eigenvalue weighted by Gasteiger charge is -2.07. The fraction of sp³-hybridized carbons (Fsp3) is 0.0417. The van der Waals surface area contributed by atoms with Crippen LogP contribution in [0.3, 0.4) is 0 Å². The van der Waals surface area contributed by atoms with Crippen LogP contribution in [-0.2, 0) is 6.61 Å². The van der Waals surface area contributed by atoms with Crippen molar-refractivity contribution in [1.29, 1.82) is 0 Å². The van der Waals surface area contributed by atoms with Crippen LogP contribution in [0.4, 0.5) is 5.82 Å². The molecule has 0 aliphatic rings. The molecule has 5 aromatic rings. The molecule has 0 saturated heterocycles. The molecule has 0 unspecified atom stereocenters. The quantitative estimate of drug-likeness (QED) is 0.371. The number of furan rings is 1. The number of hydrogen-bond acceptors (Lipinski definition) is 6. The zero-order chi connectivity index (χ0) is 21.0. The van der Waals surface area contributed by atoms with Crippen LogP contribution in [0.5, 0.6) is 5.75 Å². The largest absolute Gasteiger partial charge is 0.489 e. The Morgan fingerprint density at radius 3 is 2.65 bits per heavy atom. The molecule has 3 aromatic heterocycles. The van der Waals surface area contributed by atoms with Crippen molar-refractivity contribution in [3.63, 3.8) is 0 Å². The van der Waals surface area contributed by atoms with Gasteiger partial charge in [-0.2, -0.15) is 0 Å². The number of nitrogens with one attached hydrogen (secondary N) is 1. The van der Waals surface area contributed by atoms with E-state index in [4.69, 9.17) is 9.15 Å². The van der Waals surface area contributed by atoms with Crippen LogP contribution in [0.2, 0.25) is 0 Å².